The predicted octanol–water partition coefficient (Wildman–Crippen LogP) is 4.00. The molecule has 0 heterocycles. The van der Waals surface area contributed by atoms with Gasteiger partial charge >= 0.3 is 0 Å². The highest BCUT2D eigenvalue weighted by Gasteiger charge is 2.07. The third-order valence-corrected chi connectivity index (χ3v) is 3.56. The van der Waals surface area contributed by atoms with Gasteiger partial charge in [-0.1, -0.05) is 47.5 Å². The molecule has 2 rings (SSSR count). The number of ether oxygens (including phenoxy) is 1. The Morgan fingerprint density at radius 1 is 1.14 bits per heavy atom. The molecule has 0 atom stereocenters. The van der Waals surface area contributed by atoms with Gasteiger partial charge in [0.25, 0.3) is 5.91 Å². The normalized spacial score (nSPS) is 10.2. The van der Waals surface area contributed by atoms with E-state index >= 15 is 0 Å². The van der Waals surface area contributed by atoms with Gasteiger partial charge in [-0.25, -0.2) is 0 Å². The van der Waals surface area contributed by atoms with E-state index in [0.29, 0.717) is 22.3 Å². The highest BCUT2D eigenvalue weighted by atomic mass is 35.5. The number of halogens is 2. The predicted molar refractivity (Wildman–Crippen MR) is 85.0 cm³/mol. The van der Waals surface area contributed by atoms with Crippen molar-refractivity contribution >= 4 is 29.1 Å². The molecule has 110 valence electrons. The Bertz CT molecular complexity index is 644. The van der Waals surface area contributed by atoms with Crippen molar-refractivity contribution in [2.75, 3.05) is 6.61 Å². The molecule has 0 aromatic heterocycles. The lowest BCUT2D eigenvalue weighted by Crippen LogP contribution is -2.28. The van der Waals surface area contributed by atoms with Crippen LogP contribution in [0.15, 0.2) is 42.5 Å². The maximum atomic E-state index is 11.8. The van der Waals surface area contributed by atoms with Gasteiger partial charge in [-0.2, -0.15) is 0 Å². The standard InChI is InChI=1S/C16H15Cl2NO2/c1-11-6-7-14(18)15(8-11)21-10-16(20)19-9-12-4-2-3-5-13(12)17/h2-8H,9-10H2,1H3,(H,19,20). The molecule has 0 aliphatic heterocycles. The van der Waals surface area contributed by atoms with Gasteiger partial charge in [0.2, 0.25) is 0 Å². The summed E-state index contributed by atoms with van der Waals surface area (Å²) in [6, 6.07) is 12.8. The Kier molecular flexibility index (Phi) is 5.48. The second-order valence-corrected chi connectivity index (χ2v) is 5.41. The van der Waals surface area contributed by atoms with Crippen LogP contribution in [0.5, 0.6) is 5.75 Å². The lowest BCUT2D eigenvalue weighted by molar-refractivity contribution is -0.123. The van der Waals surface area contributed by atoms with Gasteiger partial charge in [0.05, 0.1) is 5.02 Å². The van der Waals surface area contributed by atoms with Crippen LogP contribution in [0, 0.1) is 6.92 Å². The van der Waals surface area contributed by atoms with E-state index in [0.717, 1.165) is 11.1 Å². The smallest absolute Gasteiger partial charge is 0.258 e. The van der Waals surface area contributed by atoms with Gasteiger partial charge in [0.15, 0.2) is 6.61 Å². The number of nitrogens with one attached hydrogen (secondary N) is 1. The first-order valence-electron chi connectivity index (χ1n) is 6.45. The fraction of sp³-hybridized carbons (Fsp3) is 0.188. The average molecular weight is 324 g/mol. The summed E-state index contributed by atoms with van der Waals surface area (Å²) < 4.78 is 5.42. The zero-order chi connectivity index (χ0) is 15.2. The molecule has 0 bridgehead atoms. The summed E-state index contributed by atoms with van der Waals surface area (Å²) in [4.78, 5) is 11.8. The SMILES string of the molecule is Cc1ccc(Cl)c(OCC(=O)NCc2ccccc2Cl)c1. The van der Waals surface area contributed by atoms with Gasteiger partial charge in [0, 0.05) is 11.6 Å². The molecule has 5 heteroatoms. The van der Waals surface area contributed by atoms with Crippen LogP contribution in [0.1, 0.15) is 11.1 Å². The molecule has 3 nitrogen and oxygen atoms in total. The van der Waals surface area contributed by atoms with Crippen LogP contribution in [0.4, 0.5) is 0 Å². The minimum atomic E-state index is -0.229. The molecule has 0 aliphatic carbocycles. The van der Waals surface area contributed by atoms with Crippen molar-refractivity contribution in [2.45, 2.75) is 13.5 Å². The molecule has 1 amide bonds. The van der Waals surface area contributed by atoms with E-state index in [2.05, 4.69) is 5.32 Å². The number of rotatable bonds is 5. The van der Waals surface area contributed by atoms with E-state index in [1.165, 1.54) is 0 Å². The number of carbonyl (C=O) groups excluding carboxylic acids is 1. The van der Waals surface area contributed by atoms with E-state index in [9.17, 15) is 4.79 Å². The fourth-order valence-electron chi connectivity index (χ4n) is 1.75. The maximum Gasteiger partial charge on any atom is 0.258 e. The summed E-state index contributed by atoms with van der Waals surface area (Å²) in [6.07, 6.45) is 0. The fourth-order valence-corrected chi connectivity index (χ4v) is 2.13. The number of aryl methyl sites for hydroxylation is 1. The van der Waals surface area contributed by atoms with Crippen molar-refractivity contribution in [1.29, 1.82) is 0 Å². The Labute approximate surface area is 133 Å². The molecule has 0 aliphatic rings. The van der Waals surface area contributed by atoms with Crippen molar-refractivity contribution < 1.29 is 9.53 Å². The summed E-state index contributed by atoms with van der Waals surface area (Å²) in [5, 5.41) is 3.86. The van der Waals surface area contributed by atoms with Gasteiger partial charge in [0.1, 0.15) is 5.75 Å². The van der Waals surface area contributed by atoms with Crippen molar-refractivity contribution in [2.24, 2.45) is 0 Å². The second-order valence-electron chi connectivity index (χ2n) is 4.59. The number of hydrogen-bond acceptors (Lipinski definition) is 2. The second kappa shape index (κ2) is 7.34. The molecular weight excluding hydrogens is 309 g/mol. The highest BCUT2D eigenvalue weighted by Crippen LogP contribution is 2.25. The lowest BCUT2D eigenvalue weighted by Gasteiger charge is -2.10. The van der Waals surface area contributed by atoms with Gasteiger partial charge < -0.3 is 10.1 Å². The van der Waals surface area contributed by atoms with E-state index < -0.39 is 0 Å². The van der Waals surface area contributed by atoms with E-state index in [1.54, 1.807) is 18.2 Å². The molecule has 0 spiro atoms. The highest BCUT2D eigenvalue weighted by molar-refractivity contribution is 6.32. The summed E-state index contributed by atoms with van der Waals surface area (Å²) >= 11 is 12.0. The van der Waals surface area contributed by atoms with Crippen molar-refractivity contribution in [3.63, 3.8) is 0 Å². The molecule has 2 aromatic carbocycles. The Hall–Kier alpha value is -1.71. The van der Waals surface area contributed by atoms with Crippen LogP contribution >= 0.6 is 23.2 Å². The van der Waals surface area contributed by atoms with Crippen LogP contribution in [0.3, 0.4) is 0 Å². The van der Waals surface area contributed by atoms with Gasteiger partial charge in [-0.3, -0.25) is 4.79 Å². The molecule has 0 radical (unpaired) electrons. The van der Waals surface area contributed by atoms with Crippen LogP contribution in [-0.4, -0.2) is 12.5 Å². The third-order valence-electron chi connectivity index (χ3n) is 2.88. The summed E-state index contributed by atoms with van der Waals surface area (Å²) in [7, 11) is 0. The largest absolute Gasteiger partial charge is 0.482 e. The number of benzene rings is 2. The first-order valence-corrected chi connectivity index (χ1v) is 7.21. The Balaban J connectivity index is 1.85. The summed E-state index contributed by atoms with van der Waals surface area (Å²) in [5.74, 6) is 0.275. The van der Waals surface area contributed by atoms with Crippen LogP contribution in [0.2, 0.25) is 10.0 Å². The first kappa shape index (κ1) is 15.7. The summed E-state index contributed by atoms with van der Waals surface area (Å²) in [5.41, 5.74) is 1.88. The molecule has 1 N–H and O–H groups in total. The van der Waals surface area contributed by atoms with Crippen molar-refractivity contribution in [1.82, 2.24) is 5.32 Å². The number of amides is 1. The Morgan fingerprint density at radius 2 is 1.90 bits per heavy atom. The third kappa shape index (κ3) is 4.66. The molecule has 0 fully saturated rings. The van der Waals surface area contributed by atoms with Crippen LogP contribution < -0.4 is 10.1 Å². The van der Waals surface area contributed by atoms with Crippen LogP contribution in [0.25, 0.3) is 0 Å². The van der Waals surface area contributed by atoms with Crippen LogP contribution in [-0.2, 0) is 11.3 Å². The van der Waals surface area contributed by atoms with Crippen molar-refractivity contribution in [3.8, 4) is 5.75 Å². The van der Waals surface area contributed by atoms with Crippen molar-refractivity contribution in [3.05, 3.63) is 63.6 Å². The number of hydrogen-bond donors (Lipinski definition) is 1. The molecule has 21 heavy (non-hydrogen) atoms. The topological polar surface area (TPSA) is 38.3 Å². The van der Waals surface area contributed by atoms with Gasteiger partial charge in [-0.05, 0) is 36.2 Å². The van der Waals surface area contributed by atoms with E-state index in [4.69, 9.17) is 27.9 Å². The number of carbonyl (C=O) groups is 1. The maximum absolute atomic E-state index is 11.8. The zero-order valence-electron chi connectivity index (χ0n) is 11.5. The minimum absolute atomic E-state index is 0.0897. The first-order chi connectivity index (χ1) is 10.1. The quantitative estimate of drug-likeness (QED) is 0.903. The minimum Gasteiger partial charge on any atom is -0.482 e. The molecule has 2 aromatic rings. The molecule has 0 saturated carbocycles. The average Bonchev–Trinajstić information content (AvgIpc) is 2.47. The van der Waals surface area contributed by atoms with E-state index in [-0.39, 0.29) is 12.5 Å². The summed E-state index contributed by atoms with van der Waals surface area (Å²) in [6.45, 7) is 2.21. The van der Waals surface area contributed by atoms with Gasteiger partial charge in [-0.15, -0.1) is 0 Å². The monoisotopic (exact) mass is 323 g/mol. The zero-order valence-corrected chi connectivity index (χ0v) is 13.0. The Morgan fingerprint density at radius 3 is 2.67 bits per heavy atom. The van der Waals surface area contributed by atoms with E-state index in [1.807, 2.05) is 31.2 Å². The lowest BCUT2D eigenvalue weighted by atomic mass is 10.2. The molecule has 0 unspecified atom stereocenters. The molecule has 0 saturated heterocycles. The molecular formula is C16H15Cl2NO2.